The highest BCUT2D eigenvalue weighted by molar-refractivity contribution is 6.16. The maximum absolute atomic E-state index is 6.09. The van der Waals surface area contributed by atoms with Crippen LogP contribution in [0.25, 0.3) is 11.0 Å². The molecule has 4 heteroatoms. The van der Waals surface area contributed by atoms with Gasteiger partial charge in [0.05, 0.1) is 17.6 Å². The van der Waals surface area contributed by atoms with E-state index < -0.39 is 0 Å². The second-order valence-electron chi connectivity index (χ2n) is 6.31. The lowest BCUT2D eigenvalue weighted by molar-refractivity contribution is 0.184. The predicted molar refractivity (Wildman–Crippen MR) is 78.4 cm³/mol. The highest BCUT2D eigenvalue weighted by atomic mass is 35.5. The molecule has 3 nitrogen and oxygen atoms in total. The molecular weight excluding hydrogens is 258 g/mol. The molecule has 3 rings (SSSR count). The molecule has 2 aromatic heterocycles. The monoisotopic (exact) mass is 277 g/mol. The topological polar surface area (TPSA) is 30.7 Å². The maximum Gasteiger partial charge on any atom is 0.125 e. The fraction of sp³-hybridized carbons (Fsp3) is 0.600. The van der Waals surface area contributed by atoms with E-state index in [0.717, 1.165) is 11.3 Å². The fourth-order valence-electron chi connectivity index (χ4n) is 3.38. The van der Waals surface area contributed by atoms with E-state index in [1.54, 1.807) is 0 Å². The second kappa shape index (κ2) is 4.78. The van der Waals surface area contributed by atoms with Gasteiger partial charge in [-0.15, -0.1) is 11.6 Å². The SMILES string of the molecule is CC1(C)CCCC(n2c(CCl)nc3cnccc32)C1. The average Bonchev–Trinajstić information content (AvgIpc) is 2.75. The zero-order chi connectivity index (χ0) is 13.5. The molecule has 0 radical (unpaired) electrons. The highest BCUT2D eigenvalue weighted by Gasteiger charge is 2.30. The van der Waals surface area contributed by atoms with Gasteiger partial charge in [-0.2, -0.15) is 0 Å². The lowest BCUT2D eigenvalue weighted by Crippen LogP contribution is -2.25. The first-order valence-corrected chi connectivity index (χ1v) is 7.51. The van der Waals surface area contributed by atoms with Crippen molar-refractivity contribution < 1.29 is 0 Å². The molecule has 1 unspecified atom stereocenters. The number of hydrogen-bond acceptors (Lipinski definition) is 2. The van der Waals surface area contributed by atoms with Gasteiger partial charge in [-0.3, -0.25) is 4.98 Å². The molecule has 19 heavy (non-hydrogen) atoms. The number of aromatic nitrogens is 3. The molecule has 1 aliphatic rings. The van der Waals surface area contributed by atoms with Crippen LogP contribution in [0.4, 0.5) is 0 Å². The van der Waals surface area contributed by atoms with Crippen molar-refractivity contribution in [3.8, 4) is 0 Å². The van der Waals surface area contributed by atoms with E-state index >= 15 is 0 Å². The van der Waals surface area contributed by atoms with Gasteiger partial charge >= 0.3 is 0 Å². The number of rotatable bonds is 2. The first-order chi connectivity index (χ1) is 9.11. The molecule has 0 bridgehead atoms. The van der Waals surface area contributed by atoms with Gasteiger partial charge in [0.25, 0.3) is 0 Å². The van der Waals surface area contributed by atoms with E-state index in [1.165, 1.54) is 31.2 Å². The Morgan fingerprint density at radius 2 is 2.32 bits per heavy atom. The number of fused-ring (bicyclic) bond motifs is 1. The molecule has 0 aliphatic heterocycles. The van der Waals surface area contributed by atoms with Crippen molar-refractivity contribution in [1.82, 2.24) is 14.5 Å². The zero-order valence-electron chi connectivity index (χ0n) is 11.6. The summed E-state index contributed by atoms with van der Waals surface area (Å²) in [6.07, 6.45) is 8.69. The summed E-state index contributed by atoms with van der Waals surface area (Å²) < 4.78 is 2.35. The number of pyridine rings is 1. The van der Waals surface area contributed by atoms with E-state index in [0.29, 0.717) is 17.3 Å². The van der Waals surface area contributed by atoms with E-state index in [2.05, 4.69) is 34.4 Å². The van der Waals surface area contributed by atoms with E-state index in [9.17, 15) is 0 Å². The van der Waals surface area contributed by atoms with Gasteiger partial charge in [-0.25, -0.2) is 4.98 Å². The highest BCUT2D eigenvalue weighted by Crippen LogP contribution is 2.42. The van der Waals surface area contributed by atoms with Crippen LogP contribution in [0.1, 0.15) is 51.4 Å². The quantitative estimate of drug-likeness (QED) is 0.766. The first-order valence-electron chi connectivity index (χ1n) is 6.97. The molecule has 0 aromatic carbocycles. The van der Waals surface area contributed by atoms with Gasteiger partial charge < -0.3 is 4.57 Å². The minimum absolute atomic E-state index is 0.413. The Morgan fingerprint density at radius 1 is 1.47 bits per heavy atom. The Labute approximate surface area is 119 Å². The summed E-state index contributed by atoms with van der Waals surface area (Å²) in [4.78, 5) is 8.78. The Kier molecular flexibility index (Phi) is 3.25. The number of halogens is 1. The average molecular weight is 278 g/mol. The van der Waals surface area contributed by atoms with E-state index in [4.69, 9.17) is 11.6 Å². The van der Waals surface area contributed by atoms with Crippen molar-refractivity contribution in [3.63, 3.8) is 0 Å². The molecule has 1 atom stereocenters. The van der Waals surface area contributed by atoms with E-state index in [1.807, 2.05) is 12.4 Å². The third-order valence-corrected chi connectivity index (χ3v) is 4.47. The van der Waals surface area contributed by atoms with Crippen LogP contribution < -0.4 is 0 Å². The molecule has 2 heterocycles. The van der Waals surface area contributed by atoms with Crippen LogP contribution in [0, 0.1) is 5.41 Å². The van der Waals surface area contributed by atoms with Crippen LogP contribution in [-0.2, 0) is 5.88 Å². The van der Waals surface area contributed by atoms with Gasteiger partial charge in [0.15, 0.2) is 0 Å². The number of alkyl halides is 1. The van der Waals surface area contributed by atoms with Crippen molar-refractivity contribution in [1.29, 1.82) is 0 Å². The third-order valence-electron chi connectivity index (χ3n) is 4.23. The van der Waals surface area contributed by atoms with Crippen LogP contribution in [0.3, 0.4) is 0 Å². The zero-order valence-corrected chi connectivity index (χ0v) is 12.3. The molecule has 2 aromatic rings. The summed E-state index contributed by atoms with van der Waals surface area (Å²) in [5, 5.41) is 0. The Hall–Kier alpha value is -1.09. The second-order valence-corrected chi connectivity index (χ2v) is 6.58. The van der Waals surface area contributed by atoms with Crippen molar-refractivity contribution in [2.24, 2.45) is 5.41 Å². The summed E-state index contributed by atoms with van der Waals surface area (Å²) in [5.41, 5.74) is 2.55. The van der Waals surface area contributed by atoms with Gasteiger partial charge in [-0.1, -0.05) is 20.3 Å². The number of nitrogens with zero attached hydrogens (tertiary/aromatic N) is 3. The molecule has 102 valence electrons. The Balaban J connectivity index is 2.08. The van der Waals surface area contributed by atoms with Gasteiger partial charge in [0, 0.05) is 12.2 Å². The summed E-state index contributed by atoms with van der Waals surface area (Å²) >= 11 is 6.09. The summed E-state index contributed by atoms with van der Waals surface area (Å²) in [6, 6.07) is 2.57. The van der Waals surface area contributed by atoms with Crippen LogP contribution >= 0.6 is 11.6 Å². The van der Waals surface area contributed by atoms with Gasteiger partial charge in [0.1, 0.15) is 11.3 Å². The van der Waals surface area contributed by atoms with Gasteiger partial charge in [0.2, 0.25) is 0 Å². The molecule has 1 fully saturated rings. The summed E-state index contributed by atoms with van der Waals surface area (Å²) in [7, 11) is 0. The van der Waals surface area contributed by atoms with Crippen LogP contribution in [0.15, 0.2) is 18.5 Å². The normalized spacial score (nSPS) is 22.8. The third kappa shape index (κ3) is 2.36. The minimum Gasteiger partial charge on any atom is -0.324 e. The van der Waals surface area contributed by atoms with Crippen LogP contribution in [0.5, 0.6) is 0 Å². The van der Waals surface area contributed by atoms with E-state index in [-0.39, 0.29) is 0 Å². The lowest BCUT2D eigenvalue weighted by atomic mass is 9.75. The smallest absolute Gasteiger partial charge is 0.125 e. The van der Waals surface area contributed by atoms with Gasteiger partial charge in [-0.05, 0) is 30.7 Å². The fourth-order valence-corrected chi connectivity index (χ4v) is 3.57. The van der Waals surface area contributed by atoms with Crippen molar-refractivity contribution in [2.75, 3.05) is 0 Å². The summed E-state index contributed by atoms with van der Waals surface area (Å²) in [6.45, 7) is 4.72. The molecule has 0 spiro atoms. The minimum atomic E-state index is 0.413. The lowest BCUT2D eigenvalue weighted by Gasteiger charge is -2.36. The standard InChI is InChI=1S/C15H20ClN3/c1-15(2)6-3-4-11(8-15)19-13-5-7-17-10-12(13)18-14(19)9-16/h5,7,10-11H,3-4,6,8-9H2,1-2H3. The molecular formula is C15H20ClN3. The Bertz CT molecular complexity index is 588. The molecule has 1 aliphatic carbocycles. The number of imidazole rings is 1. The van der Waals surface area contributed by atoms with Crippen molar-refractivity contribution in [2.45, 2.75) is 51.5 Å². The Morgan fingerprint density at radius 3 is 3.05 bits per heavy atom. The van der Waals surface area contributed by atoms with Crippen LogP contribution in [-0.4, -0.2) is 14.5 Å². The molecule has 0 saturated heterocycles. The molecule has 0 amide bonds. The molecule has 1 saturated carbocycles. The maximum atomic E-state index is 6.09. The van der Waals surface area contributed by atoms with Crippen LogP contribution in [0.2, 0.25) is 0 Å². The predicted octanol–water partition coefficient (Wildman–Crippen LogP) is 4.31. The largest absolute Gasteiger partial charge is 0.324 e. The number of hydrogen-bond donors (Lipinski definition) is 0. The first kappa shape index (κ1) is 12.9. The van der Waals surface area contributed by atoms with Crippen molar-refractivity contribution in [3.05, 3.63) is 24.3 Å². The molecule has 0 N–H and O–H groups in total. The van der Waals surface area contributed by atoms with Crippen molar-refractivity contribution >= 4 is 22.6 Å². The summed E-state index contributed by atoms with van der Waals surface area (Å²) in [5.74, 6) is 1.44.